The van der Waals surface area contributed by atoms with E-state index in [0.29, 0.717) is 5.56 Å². The van der Waals surface area contributed by atoms with Crippen molar-refractivity contribution in [3.05, 3.63) is 96.1 Å². The molecular formula is C27H28N2O6. The zero-order chi connectivity index (χ0) is 25.2. The van der Waals surface area contributed by atoms with E-state index in [1.807, 2.05) is 48.5 Å². The van der Waals surface area contributed by atoms with Gasteiger partial charge in [-0.05, 0) is 22.3 Å². The van der Waals surface area contributed by atoms with Crippen LogP contribution in [0.2, 0.25) is 0 Å². The number of aliphatic carboxylic acids is 1. The Bertz CT molecular complexity index is 1120. The number of likely N-dealkylation sites (N-methyl/N-ethyl adjacent to an activating group) is 1. The molecule has 0 aliphatic rings. The normalized spacial score (nSPS) is 12.3. The lowest BCUT2D eigenvalue weighted by Crippen LogP contribution is -2.45. The van der Waals surface area contributed by atoms with Gasteiger partial charge in [0.2, 0.25) is 0 Å². The van der Waals surface area contributed by atoms with Gasteiger partial charge in [0.15, 0.2) is 6.10 Å². The molecule has 3 rings (SSSR count). The van der Waals surface area contributed by atoms with Crippen molar-refractivity contribution in [3.8, 4) is 11.1 Å². The number of carbonyl (C=O) groups is 3. The van der Waals surface area contributed by atoms with Gasteiger partial charge in [-0.2, -0.15) is 0 Å². The van der Waals surface area contributed by atoms with Crippen LogP contribution in [-0.4, -0.2) is 52.8 Å². The largest absolute Gasteiger partial charge is 0.481 e. The van der Waals surface area contributed by atoms with E-state index in [2.05, 4.69) is 5.32 Å². The maximum absolute atomic E-state index is 12.7. The molecular weight excluding hydrogens is 448 g/mol. The summed E-state index contributed by atoms with van der Waals surface area (Å²) in [6, 6.07) is 24.6. The Morgan fingerprint density at radius 3 is 2.06 bits per heavy atom. The third-order valence-electron chi connectivity index (χ3n) is 5.39. The van der Waals surface area contributed by atoms with Crippen molar-refractivity contribution in [1.82, 2.24) is 10.2 Å². The number of carbonyl (C=O) groups excluding carboxylic acids is 2. The van der Waals surface area contributed by atoms with Gasteiger partial charge < -0.3 is 25.2 Å². The fourth-order valence-corrected chi connectivity index (χ4v) is 3.47. The molecule has 182 valence electrons. The monoisotopic (exact) mass is 476 g/mol. The maximum Gasteiger partial charge on any atom is 0.337 e. The van der Waals surface area contributed by atoms with E-state index < -0.39 is 30.1 Å². The second kappa shape index (κ2) is 12.3. The molecule has 2 amide bonds. The third-order valence-corrected chi connectivity index (χ3v) is 5.39. The minimum Gasteiger partial charge on any atom is -0.481 e. The lowest BCUT2D eigenvalue weighted by molar-refractivity contribution is -0.155. The molecule has 3 aromatic carbocycles. The van der Waals surface area contributed by atoms with Gasteiger partial charge in [0.05, 0.1) is 19.0 Å². The molecule has 0 aliphatic carbocycles. The Morgan fingerprint density at radius 1 is 0.886 bits per heavy atom. The van der Waals surface area contributed by atoms with E-state index in [1.165, 1.54) is 7.05 Å². The van der Waals surface area contributed by atoms with Crippen molar-refractivity contribution in [3.63, 3.8) is 0 Å². The number of amides is 2. The van der Waals surface area contributed by atoms with Crippen molar-refractivity contribution in [1.29, 1.82) is 0 Å². The average Bonchev–Trinajstić information content (AvgIpc) is 2.87. The Morgan fingerprint density at radius 2 is 1.46 bits per heavy atom. The van der Waals surface area contributed by atoms with E-state index in [1.54, 1.807) is 36.4 Å². The molecule has 0 fully saturated rings. The van der Waals surface area contributed by atoms with Crippen molar-refractivity contribution in [2.75, 3.05) is 13.6 Å². The van der Waals surface area contributed by atoms with Crippen molar-refractivity contribution in [2.24, 2.45) is 0 Å². The topological polar surface area (TPSA) is 116 Å². The standard InChI is InChI=1S/C27H28N2O6/c1-29(17-24(30)26(33)35-18-19-8-4-2-5-9-19)27(34)28-23(16-25(31)32)22-14-12-21(13-15-22)20-10-6-3-7-11-20/h2-15,23-24,30H,16-18H2,1H3,(H,28,34)(H,31,32). The summed E-state index contributed by atoms with van der Waals surface area (Å²) < 4.78 is 5.10. The molecule has 2 unspecified atom stereocenters. The summed E-state index contributed by atoms with van der Waals surface area (Å²) in [5.74, 6) is -1.93. The highest BCUT2D eigenvalue weighted by atomic mass is 16.5. The third kappa shape index (κ3) is 7.68. The highest BCUT2D eigenvalue weighted by Crippen LogP contribution is 2.23. The van der Waals surface area contributed by atoms with Gasteiger partial charge in [-0.15, -0.1) is 0 Å². The quantitative estimate of drug-likeness (QED) is 0.385. The van der Waals surface area contributed by atoms with Gasteiger partial charge in [0.25, 0.3) is 0 Å². The first-order valence-corrected chi connectivity index (χ1v) is 11.1. The molecule has 0 aromatic heterocycles. The summed E-state index contributed by atoms with van der Waals surface area (Å²) in [5, 5.41) is 22.2. The van der Waals surface area contributed by atoms with Crippen LogP contribution in [-0.2, 0) is 20.9 Å². The second-order valence-electron chi connectivity index (χ2n) is 8.08. The number of nitrogens with zero attached hydrogens (tertiary/aromatic N) is 1. The number of urea groups is 1. The smallest absolute Gasteiger partial charge is 0.337 e. The number of hydrogen-bond acceptors (Lipinski definition) is 5. The number of nitrogens with one attached hydrogen (secondary N) is 1. The van der Waals surface area contributed by atoms with Crippen LogP contribution < -0.4 is 5.32 Å². The lowest BCUT2D eigenvalue weighted by atomic mass is 9.99. The van der Waals surface area contributed by atoms with Crippen molar-refractivity contribution >= 4 is 18.0 Å². The van der Waals surface area contributed by atoms with Crippen LogP contribution >= 0.6 is 0 Å². The Balaban J connectivity index is 1.59. The molecule has 0 saturated carbocycles. The van der Waals surface area contributed by atoms with E-state index >= 15 is 0 Å². The van der Waals surface area contributed by atoms with Crippen LogP contribution in [0, 0.1) is 0 Å². The van der Waals surface area contributed by atoms with Gasteiger partial charge in [-0.1, -0.05) is 84.9 Å². The summed E-state index contributed by atoms with van der Waals surface area (Å²) >= 11 is 0. The highest BCUT2D eigenvalue weighted by Gasteiger charge is 2.24. The van der Waals surface area contributed by atoms with Gasteiger partial charge >= 0.3 is 18.0 Å². The Labute approximate surface area is 203 Å². The maximum atomic E-state index is 12.7. The predicted octanol–water partition coefficient (Wildman–Crippen LogP) is 3.62. The van der Waals surface area contributed by atoms with Crippen LogP contribution in [0.4, 0.5) is 4.79 Å². The molecule has 0 heterocycles. The van der Waals surface area contributed by atoms with E-state index in [-0.39, 0.29) is 19.6 Å². The molecule has 0 bridgehead atoms. The number of aliphatic hydroxyl groups excluding tert-OH is 1. The molecule has 0 spiro atoms. The van der Waals surface area contributed by atoms with Gasteiger partial charge in [-0.3, -0.25) is 4.79 Å². The molecule has 2 atom stereocenters. The number of carboxylic acid groups (broad SMARTS) is 1. The second-order valence-corrected chi connectivity index (χ2v) is 8.08. The molecule has 8 heteroatoms. The number of hydrogen-bond donors (Lipinski definition) is 3. The summed E-state index contributed by atoms with van der Waals surface area (Å²) in [7, 11) is 1.40. The van der Waals surface area contributed by atoms with Gasteiger partial charge in [0, 0.05) is 7.05 Å². The van der Waals surface area contributed by atoms with Crippen LogP contribution in [0.1, 0.15) is 23.6 Å². The minimum atomic E-state index is -1.54. The molecule has 0 aliphatic heterocycles. The zero-order valence-electron chi connectivity index (χ0n) is 19.3. The first kappa shape index (κ1) is 25.5. The first-order valence-electron chi connectivity index (χ1n) is 11.1. The molecule has 0 radical (unpaired) electrons. The summed E-state index contributed by atoms with van der Waals surface area (Å²) in [6.45, 7) is -0.307. The number of carboxylic acids is 1. The first-order chi connectivity index (χ1) is 16.8. The number of ether oxygens (including phenoxy) is 1. The van der Waals surface area contributed by atoms with Gasteiger partial charge in [-0.25, -0.2) is 9.59 Å². The van der Waals surface area contributed by atoms with Gasteiger partial charge in [0.1, 0.15) is 6.61 Å². The molecule has 35 heavy (non-hydrogen) atoms. The highest BCUT2D eigenvalue weighted by molar-refractivity contribution is 5.79. The van der Waals surface area contributed by atoms with Crippen LogP contribution in [0.15, 0.2) is 84.9 Å². The summed E-state index contributed by atoms with van der Waals surface area (Å²) in [4.78, 5) is 37.3. The van der Waals surface area contributed by atoms with Crippen LogP contribution in [0.3, 0.4) is 0 Å². The number of esters is 1. The lowest BCUT2D eigenvalue weighted by Gasteiger charge is -2.24. The number of aliphatic hydroxyl groups is 1. The number of rotatable bonds is 10. The summed E-state index contributed by atoms with van der Waals surface area (Å²) in [5.41, 5.74) is 3.38. The van der Waals surface area contributed by atoms with E-state index in [4.69, 9.17) is 4.74 Å². The Kier molecular flexibility index (Phi) is 8.97. The van der Waals surface area contributed by atoms with E-state index in [0.717, 1.165) is 21.6 Å². The average molecular weight is 477 g/mol. The predicted molar refractivity (Wildman–Crippen MR) is 130 cm³/mol. The molecule has 0 saturated heterocycles. The van der Waals surface area contributed by atoms with Crippen molar-refractivity contribution in [2.45, 2.75) is 25.2 Å². The zero-order valence-corrected chi connectivity index (χ0v) is 19.3. The van der Waals surface area contributed by atoms with Crippen LogP contribution in [0.5, 0.6) is 0 Å². The molecule has 3 N–H and O–H groups in total. The fourth-order valence-electron chi connectivity index (χ4n) is 3.47. The molecule has 8 nitrogen and oxygen atoms in total. The Hall–Kier alpha value is -4.17. The summed E-state index contributed by atoms with van der Waals surface area (Å²) in [6.07, 6.45) is -1.87. The fraction of sp³-hybridized carbons (Fsp3) is 0.222. The minimum absolute atomic E-state index is 0.00626. The van der Waals surface area contributed by atoms with Crippen LogP contribution in [0.25, 0.3) is 11.1 Å². The number of benzene rings is 3. The van der Waals surface area contributed by atoms with E-state index in [9.17, 15) is 24.6 Å². The SMILES string of the molecule is CN(CC(O)C(=O)OCc1ccccc1)C(=O)NC(CC(=O)O)c1ccc(-c2ccccc2)cc1. The molecule has 3 aromatic rings. The van der Waals surface area contributed by atoms with Crippen molar-refractivity contribution < 1.29 is 29.3 Å².